The van der Waals surface area contributed by atoms with Crippen molar-refractivity contribution in [3.05, 3.63) is 28.4 Å². The molecule has 1 heterocycles. The number of hydrogen-bond donors (Lipinski definition) is 1. The predicted molar refractivity (Wildman–Crippen MR) is 35.2 cm³/mol. The minimum atomic E-state index is -1.28. The average Bonchev–Trinajstić information content (AvgIpc) is 1.85. The molecule has 0 aliphatic carbocycles. The van der Waals surface area contributed by atoms with Crippen LogP contribution in [0.3, 0.4) is 0 Å². The first-order valence-electron chi connectivity index (χ1n) is 2.59. The summed E-state index contributed by atoms with van der Waals surface area (Å²) in [5.41, 5.74) is -0.368. The summed E-state index contributed by atoms with van der Waals surface area (Å²) < 4.78 is 0.290. The highest BCUT2D eigenvalue weighted by molar-refractivity contribution is 6.29. The van der Waals surface area contributed by atoms with Crippen LogP contribution in [0.4, 0.5) is 0 Å². The van der Waals surface area contributed by atoms with E-state index in [1.165, 1.54) is 0 Å². The highest BCUT2D eigenvalue weighted by atomic mass is 35.5. The molecule has 11 heavy (non-hydrogen) atoms. The molecule has 0 aliphatic heterocycles. The maximum atomic E-state index is 10.5. The number of hydrogen-bond acceptors (Lipinski definition) is 3. The monoisotopic (exact) mass is 174 g/mol. The lowest BCUT2D eigenvalue weighted by atomic mass is 10.5. The number of carbonyl (C=O) groups is 1. The van der Waals surface area contributed by atoms with Gasteiger partial charge in [-0.2, -0.15) is 4.73 Å². The van der Waals surface area contributed by atoms with Gasteiger partial charge >= 0.3 is 5.97 Å². The van der Waals surface area contributed by atoms with E-state index in [4.69, 9.17) is 16.7 Å². The first kappa shape index (κ1) is 7.74. The van der Waals surface area contributed by atoms with E-state index in [0.29, 0.717) is 4.73 Å². The van der Waals surface area contributed by atoms with Crippen molar-refractivity contribution in [2.75, 3.05) is 0 Å². The van der Waals surface area contributed by atoms with Gasteiger partial charge in [-0.15, -0.1) is 0 Å². The van der Waals surface area contributed by atoms with Crippen molar-refractivity contribution in [1.82, 2.24) is 4.98 Å². The number of aromatic nitrogens is 2. The number of aromatic carboxylic acids is 1. The van der Waals surface area contributed by atoms with E-state index >= 15 is 0 Å². The molecule has 0 bridgehead atoms. The van der Waals surface area contributed by atoms with Crippen molar-refractivity contribution in [2.45, 2.75) is 0 Å². The molecular formula is C5H3ClN2O3. The van der Waals surface area contributed by atoms with E-state index in [2.05, 4.69) is 4.98 Å². The Morgan fingerprint density at radius 2 is 2.36 bits per heavy atom. The molecule has 1 N–H and O–H groups in total. The fraction of sp³-hybridized carbons (Fsp3) is 0. The summed E-state index contributed by atoms with van der Waals surface area (Å²) in [6.45, 7) is 0. The zero-order valence-electron chi connectivity index (χ0n) is 5.19. The van der Waals surface area contributed by atoms with Gasteiger partial charge in [-0.25, -0.2) is 9.78 Å². The van der Waals surface area contributed by atoms with Gasteiger partial charge in [0.1, 0.15) is 0 Å². The van der Waals surface area contributed by atoms with Gasteiger partial charge in [0.15, 0.2) is 5.15 Å². The van der Waals surface area contributed by atoms with Crippen LogP contribution in [0.1, 0.15) is 10.5 Å². The van der Waals surface area contributed by atoms with Crippen LogP contribution < -0.4 is 4.73 Å². The summed E-state index contributed by atoms with van der Waals surface area (Å²) in [6, 6.07) is 0. The highest BCUT2D eigenvalue weighted by Crippen LogP contribution is 2.00. The third-order valence-corrected chi connectivity index (χ3v) is 1.11. The summed E-state index contributed by atoms with van der Waals surface area (Å²) >= 11 is 5.30. The van der Waals surface area contributed by atoms with E-state index in [1.807, 2.05) is 0 Å². The van der Waals surface area contributed by atoms with Crippen LogP contribution in [0.15, 0.2) is 12.4 Å². The van der Waals surface area contributed by atoms with E-state index in [0.717, 1.165) is 12.4 Å². The molecule has 0 amide bonds. The SMILES string of the molecule is O=C(O)c1c[n+]([O-])cc(Cl)n1. The Balaban J connectivity index is 3.19. The van der Waals surface area contributed by atoms with Gasteiger partial charge in [-0.1, -0.05) is 11.6 Å². The normalized spacial score (nSPS) is 9.55. The quantitative estimate of drug-likeness (QED) is 0.483. The van der Waals surface area contributed by atoms with Crippen LogP contribution in [0, 0.1) is 5.21 Å². The number of carboxylic acids is 1. The zero-order valence-corrected chi connectivity index (χ0v) is 5.95. The molecular weight excluding hydrogens is 172 g/mol. The fourth-order valence-corrected chi connectivity index (χ4v) is 0.726. The smallest absolute Gasteiger partial charge is 0.360 e. The van der Waals surface area contributed by atoms with Crippen molar-refractivity contribution in [2.24, 2.45) is 0 Å². The van der Waals surface area contributed by atoms with Crippen molar-refractivity contribution < 1.29 is 14.6 Å². The van der Waals surface area contributed by atoms with Gasteiger partial charge < -0.3 is 10.3 Å². The molecule has 6 heteroatoms. The summed E-state index contributed by atoms with van der Waals surface area (Å²) in [5.74, 6) is -1.28. The Labute approximate surface area is 66.5 Å². The minimum absolute atomic E-state index is 0.139. The standard InChI is InChI=1S/C5H3ClN2O3/c6-4-2-8(11)1-3(7-4)5(9)10/h1-2H,(H,9,10). The lowest BCUT2D eigenvalue weighted by molar-refractivity contribution is -0.606. The lowest BCUT2D eigenvalue weighted by Gasteiger charge is -1.96. The molecule has 5 nitrogen and oxygen atoms in total. The fourth-order valence-electron chi connectivity index (χ4n) is 0.539. The second kappa shape index (κ2) is 2.71. The highest BCUT2D eigenvalue weighted by Gasteiger charge is 2.09. The largest absolute Gasteiger partial charge is 0.619 e. The lowest BCUT2D eigenvalue weighted by Crippen LogP contribution is -2.27. The topological polar surface area (TPSA) is 77.1 Å². The maximum absolute atomic E-state index is 10.5. The van der Waals surface area contributed by atoms with Gasteiger partial charge in [-0.3, -0.25) is 0 Å². The Morgan fingerprint density at radius 1 is 1.73 bits per heavy atom. The summed E-state index contributed by atoms with van der Waals surface area (Å²) in [6.07, 6.45) is 1.79. The number of nitrogens with zero attached hydrogens (tertiary/aromatic N) is 2. The molecule has 0 fully saturated rings. The second-order valence-corrected chi connectivity index (χ2v) is 2.13. The Bertz CT molecular complexity index is 282. The van der Waals surface area contributed by atoms with Crippen LogP contribution in [-0.2, 0) is 0 Å². The van der Waals surface area contributed by atoms with E-state index in [-0.39, 0.29) is 10.8 Å². The predicted octanol–water partition coefficient (Wildman–Crippen LogP) is 0.0666. The van der Waals surface area contributed by atoms with Gasteiger partial charge in [-0.05, 0) is 0 Å². The van der Waals surface area contributed by atoms with E-state index < -0.39 is 5.97 Å². The maximum Gasteiger partial charge on any atom is 0.360 e. The summed E-state index contributed by atoms with van der Waals surface area (Å²) in [7, 11) is 0. The van der Waals surface area contributed by atoms with Gasteiger partial charge in [0.25, 0.3) is 0 Å². The van der Waals surface area contributed by atoms with Gasteiger partial charge in [0.2, 0.25) is 18.1 Å². The average molecular weight is 175 g/mol. The molecule has 0 radical (unpaired) electrons. The third-order valence-electron chi connectivity index (χ3n) is 0.930. The molecule has 1 aromatic heterocycles. The molecule has 1 rings (SSSR count). The summed E-state index contributed by atoms with van der Waals surface area (Å²) in [4.78, 5) is 13.6. The molecule has 0 aliphatic rings. The van der Waals surface area contributed by atoms with Crippen LogP contribution in [0.5, 0.6) is 0 Å². The Hall–Kier alpha value is -1.36. The third kappa shape index (κ3) is 1.78. The van der Waals surface area contributed by atoms with Crippen molar-refractivity contribution in [3.63, 3.8) is 0 Å². The molecule has 0 saturated heterocycles. The molecule has 0 spiro atoms. The molecule has 0 unspecified atom stereocenters. The zero-order chi connectivity index (χ0) is 8.43. The van der Waals surface area contributed by atoms with Crippen molar-refractivity contribution in [3.8, 4) is 0 Å². The van der Waals surface area contributed by atoms with Crippen LogP contribution >= 0.6 is 11.6 Å². The van der Waals surface area contributed by atoms with Gasteiger partial charge in [0, 0.05) is 0 Å². The van der Waals surface area contributed by atoms with Crippen LogP contribution in [0.25, 0.3) is 0 Å². The van der Waals surface area contributed by atoms with Crippen molar-refractivity contribution in [1.29, 1.82) is 0 Å². The number of rotatable bonds is 1. The Morgan fingerprint density at radius 3 is 2.82 bits per heavy atom. The molecule has 0 saturated carbocycles. The summed E-state index contributed by atoms with van der Waals surface area (Å²) in [5, 5.41) is 18.8. The van der Waals surface area contributed by atoms with Crippen LogP contribution in [0.2, 0.25) is 5.15 Å². The molecule has 58 valence electrons. The minimum Gasteiger partial charge on any atom is -0.619 e. The molecule has 1 aromatic rings. The molecule has 0 atom stereocenters. The Kier molecular flexibility index (Phi) is 1.91. The number of carboxylic acid groups (broad SMARTS) is 1. The van der Waals surface area contributed by atoms with Crippen molar-refractivity contribution >= 4 is 17.6 Å². The van der Waals surface area contributed by atoms with Gasteiger partial charge in [0.05, 0.1) is 0 Å². The number of halogens is 1. The first-order chi connectivity index (χ1) is 5.09. The van der Waals surface area contributed by atoms with E-state index in [1.54, 1.807) is 0 Å². The first-order valence-corrected chi connectivity index (χ1v) is 2.97. The van der Waals surface area contributed by atoms with E-state index in [9.17, 15) is 10.0 Å². The second-order valence-electron chi connectivity index (χ2n) is 1.74. The molecule has 0 aromatic carbocycles. The van der Waals surface area contributed by atoms with Crippen LogP contribution in [-0.4, -0.2) is 16.1 Å².